The lowest BCUT2D eigenvalue weighted by Crippen LogP contribution is -2.19. The number of fused-ring (bicyclic) bond motifs is 1. The smallest absolute Gasteiger partial charge is 0.246 e. The Morgan fingerprint density at radius 3 is 2.95 bits per heavy atom. The largest absolute Gasteiger partial charge is 0.362 e. The molecule has 1 aliphatic heterocycles. The van der Waals surface area contributed by atoms with Crippen LogP contribution in [0.15, 0.2) is 57.5 Å². The molecule has 2 aromatic carbocycles. The van der Waals surface area contributed by atoms with Gasteiger partial charge in [0.15, 0.2) is 0 Å². The third-order valence-corrected chi connectivity index (χ3v) is 4.35. The van der Waals surface area contributed by atoms with Crippen molar-refractivity contribution in [1.29, 1.82) is 0 Å². The summed E-state index contributed by atoms with van der Waals surface area (Å²) in [7, 11) is 0. The molecule has 22 heavy (non-hydrogen) atoms. The first-order valence-corrected chi connectivity index (χ1v) is 8.00. The molecule has 0 bridgehead atoms. The van der Waals surface area contributed by atoms with Crippen molar-refractivity contribution in [3.63, 3.8) is 0 Å². The highest BCUT2D eigenvalue weighted by molar-refractivity contribution is 9.10. The van der Waals surface area contributed by atoms with Gasteiger partial charge in [0.25, 0.3) is 0 Å². The van der Waals surface area contributed by atoms with Crippen LogP contribution in [0.5, 0.6) is 0 Å². The molecule has 0 aliphatic carbocycles. The Balaban J connectivity index is 1.56. The van der Waals surface area contributed by atoms with Crippen LogP contribution in [0.3, 0.4) is 0 Å². The number of nitrogens with zero attached hydrogens (tertiary/aromatic N) is 3. The zero-order valence-corrected chi connectivity index (χ0v) is 13.5. The van der Waals surface area contributed by atoms with Crippen molar-refractivity contribution in [3.8, 4) is 11.4 Å². The van der Waals surface area contributed by atoms with Crippen molar-refractivity contribution in [2.75, 3.05) is 11.4 Å². The SMILES string of the molecule is Brc1cccc(-c2noc(CN3CCc4ccccc43)n2)c1. The minimum Gasteiger partial charge on any atom is -0.362 e. The van der Waals surface area contributed by atoms with Gasteiger partial charge in [0, 0.05) is 22.3 Å². The number of aromatic nitrogens is 2. The maximum atomic E-state index is 5.42. The normalized spacial score (nSPS) is 13.4. The van der Waals surface area contributed by atoms with E-state index in [-0.39, 0.29) is 0 Å². The van der Waals surface area contributed by atoms with Crippen LogP contribution in [0.2, 0.25) is 0 Å². The maximum Gasteiger partial charge on any atom is 0.246 e. The number of anilines is 1. The van der Waals surface area contributed by atoms with E-state index >= 15 is 0 Å². The molecule has 110 valence electrons. The second kappa shape index (κ2) is 5.57. The first-order chi connectivity index (χ1) is 10.8. The molecule has 1 aromatic heterocycles. The highest BCUT2D eigenvalue weighted by Crippen LogP contribution is 2.29. The number of rotatable bonds is 3. The minimum atomic E-state index is 0.629. The van der Waals surface area contributed by atoms with E-state index in [1.165, 1.54) is 11.3 Å². The Hall–Kier alpha value is -2.14. The van der Waals surface area contributed by atoms with Gasteiger partial charge in [-0.2, -0.15) is 4.98 Å². The maximum absolute atomic E-state index is 5.42. The van der Waals surface area contributed by atoms with Crippen LogP contribution in [-0.2, 0) is 13.0 Å². The Morgan fingerprint density at radius 1 is 1.14 bits per heavy atom. The van der Waals surface area contributed by atoms with Crippen molar-refractivity contribution in [3.05, 3.63) is 64.5 Å². The summed E-state index contributed by atoms with van der Waals surface area (Å²) < 4.78 is 6.42. The van der Waals surface area contributed by atoms with Gasteiger partial charge in [-0.25, -0.2) is 0 Å². The van der Waals surface area contributed by atoms with E-state index in [0.29, 0.717) is 18.3 Å². The predicted octanol–water partition coefficient (Wildman–Crippen LogP) is 4.06. The Kier molecular flexibility index (Phi) is 3.42. The lowest BCUT2D eigenvalue weighted by Gasteiger charge is -2.16. The molecular formula is C17H14BrN3O. The van der Waals surface area contributed by atoms with Gasteiger partial charge in [-0.1, -0.05) is 51.4 Å². The second-order valence-electron chi connectivity index (χ2n) is 5.32. The first kappa shape index (κ1) is 13.5. The van der Waals surface area contributed by atoms with E-state index in [9.17, 15) is 0 Å². The summed E-state index contributed by atoms with van der Waals surface area (Å²) in [5.74, 6) is 1.27. The average Bonchev–Trinajstić information content (AvgIpc) is 3.16. The van der Waals surface area contributed by atoms with E-state index in [0.717, 1.165) is 23.0 Å². The Bertz CT molecular complexity index is 815. The standard InChI is InChI=1S/C17H14BrN3O/c18-14-6-3-5-13(10-14)17-19-16(22-20-17)11-21-9-8-12-4-1-2-7-15(12)21/h1-7,10H,8-9,11H2. The van der Waals surface area contributed by atoms with Crippen LogP contribution in [0.4, 0.5) is 5.69 Å². The topological polar surface area (TPSA) is 42.2 Å². The summed E-state index contributed by atoms with van der Waals surface area (Å²) >= 11 is 3.46. The molecule has 0 radical (unpaired) electrons. The number of benzene rings is 2. The summed E-state index contributed by atoms with van der Waals surface area (Å²) in [6.07, 6.45) is 1.07. The summed E-state index contributed by atoms with van der Waals surface area (Å²) in [5.41, 5.74) is 3.60. The van der Waals surface area contributed by atoms with Crippen LogP contribution in [0.1, 0.15) is 11.5 Å². The van der Waals surface area contributed by atoms with Gasteiger partial charge in [0.1, 0.15) is 0 Å². The second-order valence-corrected chi connectivity index (χ2v) is 6.24. The minimum absolute atomic E-state index is 0.629. The van der Waals surface area contributed by atoms with Crippen molar-refractivity contribution in [2.45, 2.75) is 13.0 Å². The number of hydrogen-bond acceptors (Lipinski definition) is 4. The van der Waals surface area contributed by atoms with Gasteiger partial charge in [-0.3, -0.25) is 0 Å². The molecule has 0 fully saturated rings. The van der Waals surface area contributed by atoms with Gasteiger partial charge in [-0.05, 0) is 30.2 Å². The zero-order valence-electron chi connectivity index (χ0n) is 11.9. The van der Waals surface area contributed by atoms with Crippen LogP contribution in [0, 0.1) is 0 Å². The third-order valence-electron chi connectivity index (χ3n) is 3.86. The van der Waals surface area contributed by atoms with Gasteiger partial charge in [0.05, 0.1) is 6.54 Å². The van der Waals surface area contributed by atoms with Gasteiger partial charge in [-0.15, -0.1) is 0 Å². The number of hydrogen-bond donors (Lipinski definition) is 0. The van der Waals surface area contributed by atoms with Crippen molar-refractivity contribution in [1.82, 2.24) is 10.1 Å². The molecule has 0 saturated heterocycles. The molecule has 2 heterocycles. The molecule has 4 rings (SSSR count). The molecular weight excluding hydrogens is 342 g/mol. The van der Waals surface area contributed by atoms with Crippen LogP contribution in [-0.4, -0.2) is 16.7 Å². The molecule has 4 nitrogen and oxygen atoms in total. The van der Waals surface area contributed by atoms with Crippen LogP contribution >= 0.6 is 15.9 Å². The van der Waals surface area contributed by atoms with E-state index in [1.54, 1.807) is 0 Å². The summed E-state index contributed by atoms with van der Waals surface area (Å²) in [6.45, 7) is 1.64. The molecule has 0 atom stereocenters. The fourth-order valence-corrected chi connectivity index (χ4v) is 3.20. The van der Waals surface area contributed by atoms with Gasteiger partial charge < -0.3 is 9.42 Å². The number of halogens is 1. The van der Waals surface area contributed by atoms with Crippen LogP contribution in [0.25, 0.3) is 11.4 Å². The fraction of sp³-hybridized carbons (Fsp3) is 0.176. The lowest BCUT2D eigenvalue weighted by atomic mass is 10.2. The lowest BCUT2D eigenvalue weighted by molar-refractivity contribution is 0.377. The van der Waals surface area contributed by atoms with Crippen molar-refractivity contribution in [2.24, 2.45) is 0 Å². The summed E-state index contributed by atoms with van der Waals surface area (Å²) in [6, 6.07) is 16.4. The third kappa shape index (κ3) is 2.52. The molecule has 0 unspecified atom stereocenters. The molecule has 1 aliphatic rings. The quantitative estimate of drug-likeness (QED) is 0.710. The Morgan fingerprint density at radius 2 is 2.05 bits per heavy atom. The highest BCUT2D eigenvalue weighted by Gasteiger charge is 2.20. The summed E-state index contributed by atoms with van der Waals surface area (Å²) in [5, 5.41) is 4.09. The zero-order chi connectivity index (χ0) is 14.9. The fourth-order valence-electron chi connectivity index (χ4n) is 2.80. The molecule has 5 heteroatoms. The summed E-state index contributed by atoms with van der Waals surface area (Å²) in [4.78, 5) is 6.80. The average molecular weight is 356 g/mol. The van der Waals surface area contributed by atoms with Crippen LogP contribution < -0.4 is 4.90 Å². The van der Waals surface area contributed by atoms with E-state index in [4.69, 9.17) is 4.52 Å². The first-order valence-electron chi connectivity index (χ1n) is 7.21. The van der Waals surface area contributed by atoms with Gasteiger partial charge >= 0.3 is 0 Å². The predicted molar refractivity (Wildman–Crippen MR) is 88.6 cm³/mol. The molecule has 3 aromatic rings. The Labute approximate surface area is 136 Å². The molecule has 0 N–H and O–H groups in total. The van der Waals surface area contributed by atoms with E-state index in [2.05, 4.69) is 55.2 Å². The highest BCUT2D eigenvalue weighted by atomic mass is 79.9. The van der Waals surface area contributed by atoms with E-state index < -0.39 is 0 Å². The monoisotopic (exact) mass is 355 g/mol. The molecule has 0 saturated carbocycles. The van der Waals surface area contributed by atoms with Gasteiger partial charge in [0.2, 0.25) is 11.7 Å². The molecule has 0 amide bonds. The van der Waals surface area contributed by atoms with E-state index in [1.807, 2.05) is 24.3 Å². The van der Waals surface area contributed by atoms with Crippen molar-refractivity contribution < 1.29 is 4.52 Å². The number of para-hydroxylation sites is 1. The molecule has 0 spiro atoms. The van der Waals surface area contributed by atoms with Crippen molar-refractivity contribution >= 4 is 21.6 Å².